The van der Waals surface area contributed by atoms with Crippen LogP contribution in [-0.2, 0) is 9.53 Å². The summed E-state index contributed by atoms with van der Waals surface area (Å²) in [7, 11) is 0. The van der Waals surface area contributed by atoms with Crippen LogP contribution in [0.25, 0.3) is 0 Å². The van der Waals surface area contributed by atoms with Crippen molar-refractivity contribution in [3.05, 3.63) is 0 Å². The molecule has 1 amide bonds. The largest absolute Gasteiger partial charge is 0.376 e. The van der Waals surface area contributed by atoms with Gasteiger partial charge in [-0.05, 0) is 20.3 Å². The first-order chi connectivity index (χ1) is 6.09. The minimum absolute atomic E-state index is 0.0253. The van der Waals surface area contributed by atoms with E-state index in [1.54, 1.807) is 0 Å². The average Bonchev–Trinajstić information content (AvgIpc) is 2.34. The van der Waals surface area contributed by atoms with Gasteiger partial charge in [0.1, 0.15) is 0 Å². The number of amides is 1. The third-order valence-corrected chi connectivity index (χ3v) is 2.23. The number of hydrogen-bond acceptors (Lipinski definition) is 3. The van der Waals surface area contributed by atoms with Crippen LogP contribution < -0.4 is 11.1 Å². The average molecular weight is 186 g/mol. The summed E-state index contributed by atoms with van der Waals surface area (Å²) in [6.07, 6.45) is 1.44. The van der Waals surface area contributed by atoms with Crippen molar-refractivity contribution < 1.29 is 9.53 Å². The number of ether oxygens (including phenoxy) is 1. The summed E-state index contributed by atoms with van der Waals surface area (Å²) < 4.78 is 5.33. The molecule has 1 aliphatic rings. The SMILES string of the molecule is CC(N)CC(=O)NC1CCOC1C. The molecule has 0 aliphatic carbocycles. The summed E-state index contributed by atoms with van der Waals surface area (Å²) in [6.45, 7) is 4.54. The molecule has 76 valence electrons. The zero-order valence-electron chi connectivity index (χ0n) is 8.25. The van der Waals surface area contributed by atoms with Crippen molar-refractivity contribution in [2.45, 2.75) is 44.9 Å². The first kappa shape index (κ1) is 10.5. The fourth-order valence-electron chi connectivity index (χ4n) is 1.48. The van der Waals surface area contributed by atoms with Gasteiger partial charge in [0.15, 0.2) is 0 Å². The molecule has 4 heteroatoms. The Bertz CT molecular complexity index is 182. The Morgan fingerprint density at radius 1 is 1.77 bits per heavy atom. The van der Waals surface area contributed by atoms with E-state index in [0.717, 1.165) is 13.0 Å². The van der Waals surface area contributed by atoms with Crippen molar-refractivity contribution >= 4 is 5.91 Å². The van der Waals surface area contributed by atoms with Gasteiger partial charge in [0.05, 0.1) is 12.1 Å². The Balaban J connectivity index is 2.27. The van der Waals surface area contributed by atoms with Gasteiger partial charge in [-0.1, -0.05) is 0 Å². The third-order valence-electron chi connectivity index (χ3n) is 2.23. The van der Waals surface area contributed by atoms with E-state index in [-0.39, 0.29) is 24.1 Å². The maximum atomic E-state index is 11.3. The predicted octanol–water partition coefficient (Wildman–Crippen LogP) is 0.0173. The fourth-order valence-corrected chi connectivity index (χ4v) is 1.48. The van der Waals surface area contributed by atoms with E-state index in [9.17, 15) is 4.79 Å². The molecule has 0 spiro atoms. The van der Waals surface area contributed by atoms with Gasteiger partial charge >= 0.3 is 0 Å². The third kappa shape index (κ3) is 3.32. The molecular weight excluding hydrogens is 168 g/mol. The quantitative estimate of drug-likeness (QED) is 0.653. The molecule has 1 rings (SSSR count). The summed E-state index contributed by atoms with van der Waals surface area (Å²) in [5.41, 5.74) is 5.51. The van der Waals surface area contributed by atoms with Gasteiger partial charge < -0.3 is 15.8 Å². The van der Waals surface area contributed by atoms with Crippen LogP contribution in [0.5, 0.6) is 0 Å². The number of nitrogens with one attached hydrogen (secondary N) is 1. The second-order valence-corrected chi connectivity index (χ2v) is 3.72. The van der Waals surface area contributed by atoms with Gasteiger partial charge in [-0.15, -0.1) is 0 Å². The molecule has 0 radical (unpaired) electrons. The number of carbonyl (C=O) groups excluding carboxylic acids is 1. The Hall–Kier alpha value is -0.610. The lowest BCUT2D eigenvalue weighted by Gasteiger charge is -2.16. The van der Waals surface area contributed by atoms with Crippen LogP contribution in [0.2, 0.25) is 0 Å². The highest BCUT2D eigenvalue weighted by atomic mass is 16.5. The molecule has 0 aromatic rings. The number of rotatable bonds is 3. The maximum absolute atomic E-state index is 11.3. The molecule has 3 atom stereocenters. The Morgan fingerprint density at radius 2 is 2.46 bits per heavy atom. The predicted molar refractivity (Wildman–Crippen MR) is 50.2 cm³/mol. The molecule has 0 aromatic heterocycles. The molecular formula is C9H18N2O2. The van der Waals surface area contributed by atoms with E-state index in [0.29, 0.717) is 6.42 Å². The second kappa shape index (κ2) is 4.58. The van der Waals surface area contributed by atoms with Gasteiger partial charge in [0.2, 0.25) is 5.91 Å². The molecule has 3 unspecified atom stereocenters. The number of nitrogens with two attached hydrogens (primary N) is 1. The van der Waals surface area contributed by atoms with E-state index < -0.39 is 0 Å². The van der Waals surface area contributed by atoms with E-state index in [1.165, 1.54) is 0 Å². The smallest absolute Gasteiger partial charge is 0.221 e. The van der Waals surface area contributed by atoms with Crippen molar-refractivity contribution in [1.82, 2.24) is 5.32 Å². The summed E-state index contributed by atoms with van der Waals surface area (Å²) in [4.78, 5) is 11.3. The van der Waals surface area contributed by atoms with Crippen LogP contribution in [0.1, 0.15) is 26.7 Å². The van der Waals surface area contributed by atoms with Crippen molar-refractivity contribution in [1.29, 1.82) is 0 Å². The zero-order valence-corrected chi connectivity index (χ0v) is 8.25. The highest BCUT2D eigenvalue weighted by Crippen LogP contribution is 2.12. The molecule has 4 nitrogen and oxygen atoms in total. The van der Waals surface area contributed by atoms with Gasteiger partial charge in [-0.2, -0.15) is 0 Å². The van der Waals surface area contributed by atoms with E-state index in [2.05, 4.69) is 5.32 Å². The Labute approximate surface area is 78.8 Å². The van der Waals surface area contributed by atoms with Crippen LogP contribution in [0.15, 0.2) is 0 Å². The lowest BCUT2D eigenvalue weighted by Crippen LogP contribution is -2.41. The van der Waals surface area contributed by atoms with Crippen LogP contribution in [0.3, 0.4) is 0 Å². The second-order valence-electron chi connectivity index (χ2n) is 3.72. The van der Waals surface area contributed by atoms with Crippen molar-refractivity contribution in [3.8, 4) is 0 Å². The zero-order chi connectivity index (χ0) is 9.84. The van der Waals surface area contributed by atoms with Crippen molar-refractivity contribution in [2.24, 2.45) is 5.73 Å². The summed E-state index contributed by atoms with van der Waals surface area (Å²) in [5.74, 6) is 0.0253. The monoisotopic (exact) mass is 186 g/mol. The van der Waals surface area contributed by atoms with Crippen LogP contribution in [0.4, 0.5) is 0 Å². The van der Waals surface area contributed by atoms with Crippen molar-refractivity contribution in [2.75, 3.05) is 6.61 Å². The maximum Gasteiger partial charge on any atom is 0.221 e. The highest BCUT2D eigenvalue weighted by Gasteiger charge is 2.25. The topological polar surface area (TPSA) is 64.4 Å². The molecule has 1 fully saturated rings. The summed E-state index contributed by atoms with van der Waals surface area (Å²) >= 11 is 0. The normalized spacial score (nSPS) is 30.1. The number of carbonyl (C=O) groups is 1. The Kier molecular flexibility index (Phi) is 3.69. The summed E-state index contributed by atoms with van der Waals surface area (Å²) in [6, 6.07) is 0.101. The summed E-state index contributed by atoms with van der Waals surface area (Å²) in [5, 5.41) is 2.92. The molecule has 0 saturated carbocycles. The molecule has 1 aliphatic heterocycles. The lowest BCUT2D eigenvalue weighted by molar-refractivity contribution is -0.122. The highest BCUT2D eigenvalue weighted by molar-refractivity contribution is 5.76. The van der Waals surface area contributed by atoms with Crippen molar-refractivity contribution in [3.63, 3.8) is 0 Å². The van der Waals surface area contributed by atoms with Crippen LogP contribution >= 0.6 is 0 Å². The first-order valence-corrected chi connectivity index (χ1v) is 4.76. The fraction of sp³-hybridized carbons (Fsp3) is 0.889. The molecule has 3 N–H and O–H groups in total. The molecule has 1 saturated heterocycles. The standard InChI is InChI=1S/C9H18N2O2/c1-6(10)5-9(12)11-8-3-4-13-7(8)2/h6-8H,3-5,10H2,1-2H3,(H,11,12). The van der Waals surface area contributed by atoms with E-state index in [1.807, 2.05) is 13.8 Å². The lowest BCUT2D eigenvalue weighted by atomic mass is 10.1. The van der Waals surface area contributed by atoms with Gasteiger partial charge in [0, 0.05) is 19.1 Å². The molecule has 1 heterocycles. The van der Waals surface area contributed by atoms with Crippen LogP contribution in [0, 0.1) is 0 Å². The van der Waals surface area contributed by atoms with Crippen LogP contribution in [-0.4, -0.2) is 30.7 Å². The molecule has 0 aromatic carbocycles. The number of hydrogen-bond donors (Lipinski definition) is 2. The van der Waals surface area contributed by atoms with Gasteiger partial charge in [-0.25, -0.2) is 0 Å². The first-order valence-electron chi connectivity index (χ1n) is 4.76. The van der Waals surface area contributed by atoms with Gasteiger partial charge in [0.25, 0.3) is 0 Å². The molecule has 13 heavy (non-hydrogen) atoms. The van der Waals surface area contributed by atoms with E-state index in [4.69, 9.17) is 10.5 Å². The molecule has 0 bridgehead atoms. The Morgan fingerprint density at radius 3 is 2.92 bits per heavy atom. The van der Waals surface area contributed by atoms with Gasteiger partial charge in [-0.3, -0.25) is 4.79 Å². The minimum atomic E-state index is -0.0716. The van der Waals surface area contributed by atoms with E-state index >= 15 is 0 Å². The minimum Gasteiger partial charge on any atom is -0.376 e.